The molecule has 1 aliphatic rings. The standard InChI is InChI=1S/C12H15N3O3/c16-12(14-10-3-4-10)8-13-7-9-1-5-11(6-2-9)15(17)18/h1-2,5-6,10,13H,3-4,7-8H2,(H,14,16). The predicted molar refractivity (Wildman–Crippen MR) is 66.0 cm³/mol. The van der Waals surface area contributed by atoms with Crippen molar-refractivity contribution in [1.29, 1.82) is 0 Å². The van der Waals surface area contributed by atoms with E-state index >= 15 is 0 Å². The van der Waals surface area contributed by atoms with Crippen LogP contribution in [0.1, 0.15) is 18.4 Å². The van der Waals surface area contributed by atoms with Gasteiger partial charge in [0.25, 0.3) is 5.69 Å². The van der Waals surface area contributed by atoms with Crippen molar-refractivity contribution >= 4 is 11.6 Å². The first-order valence-corrected chi connectivity index (χ1v) is 5.88. The van der Waals surface area contributed by atoms with Gasteiger partial charge in [0, 0.05) is 24.7 Å². The molecule has 0 aliphatic heterocycles. The van der Waals surface area contributed by atoms with Gasteiger partial charge in [-0.1, -0.05) is 12.1 Å². The second-order valence-electron chi connectivity index (χ2n) is 4.37. The van der Waals surface area contributed by atoms with E-state index in [2.05, 4.69) is 10.6 Å². The number of rotatable bonds is 6. The molecule has 2 N–H and O–H groups in total. The highest BCUT2D eigenvalue weighted by Crippen LogP contribution is 2.18. The second-order valence-corrected chi connectivity index (χ2v) is 4.37. The fourth-order valence-corrected chi connectivity index (χ4v) is 1.56. The maximum absolute atomic E-state index is 11.4. The lowest BCUT2D eigenvalue weighted by Crippen LogP contribution is -2.34. The summed E-state index contributed by atoms with van der Waals surface area (Å²) in [6.45, 7) is 0.795. The number of carbonyl (C=O) groups excluding carboxylic acids is 1. The average molecular weight is 249 g/mol. The molecule has 1 aromatic carbocycles. The van der Waals surface area contributed by atoms with Gasteiger partial charge in [0.05, 0.1) is 11.5 Å². The molecule has 96 valence electrons. The molecule has 0 bridgehead atoms. The molecule has 0 saturated heterocycles. The number of hydrogen-bond donors (Lipinski definition) is 2. The Morgan fingerprint density at radius 2 is 2.00 bits per heavy atom. The molecule has 18 heavy (non-hydrogen) atoms. The minimum absolute atomic E-state index is 0.000545. The third kappa shape index (κ3) is 3.81. The predicted octanol–water partition coefficient (Wildman–Crippen LogP) is 0.963. The number of benzene rings is 1. The first-order valence-electron chi connectivity index (χ1n) is 5.88. The molecule has 1 aliphatic carbocycles. The van der Waals surface area contributed by atoms with Crippen LogP contribution in [-0.4, -0.2) is 23.4 Å². The zero-order chi connectivity index (χ0) is 13.0. The minimum Gasteiger partial charge on any atom is -0.352 e. The van der Waals surface area contributed by atoms with Crippen LogP contribution in [0.3, 0.4) is 0 Å². The van der Waals surface area contributed by atoms with E-state index < -0.39 is 4.92 Å². The van der Waals surface area contributed by atoms with Crippen LogP contribution in [0.5, 0.6) is 0 Å². The molecule has 0 radical (unpaired) electrons. The molecular weight excluding hydrogens is 234 g/mol. The van der Waals surface area contributed by atoms with Crippen LogP contribution in [0.15, 0.2) is 24.3 Å². The molecule has 0 unspecified atom stereocenters. The first kappa shape index (κ1) is 12.5. The van der Waals surface area contributed by atoms with E-state index in [0.717, 1.165) is 18.4 Å². The fourth-order valence-electron chi connectivity index (χ4n) is 1.56. The van der Waals surface area contributed by atoms with E-state index in [1.807, 2.05) is 0 Å². The quantitative estimate of drug-likeness (QED) is 0.581. The summed E-state index contributed by atoms with van der Waals surface area (Å²) in [6, 6.07) is 6.66. The van der Waals surface area contributed by atoms with Crippen LogP contribution in [0.2, 0.25) is 0 Å². The van der Waals surface area contributed by atoms with Crippen LogP contribution in [0.4, 0.5) is 5.69 Å². The largest absolute Gasteiger partial charge is 0.352 e. The monoisotopic (exact) mass is 249 g/mol. The van der Waals surface area contributed by atoms with Gasteiger partial charge in [0.1, 0.15) is 0 Å². The highest BCUT2D eigenvalue weighted by Gasteiger charge is 2.22. The fraction of sp³-hybridized carbons (Fsp3) is 0.417. The lowest BCUT2D eigenvalue weighted by atomic mass is 10.2. The lowest BCUT2D eigenvalue weighted by molar-refractivity contribution is -0.384. The summed E-state index contributed by atoms with van der Waals surface area (Å²) >= 11 is 0. The van der Waals surface area contributed by atoms with Crippen molar-refractivity contribution < 1.29 is 9.72 Å². The third-order valence-electron chi connectivity index (χ3n) is 2.70. The molecule has 1 fully saturated rings. The topological polar surface area (TPSA) is 84.3 Å². The third-order valence-corrected chi connectivity index (χ3v) is 2.70. The number of nitro groups is 1. The molecule has 1 saturated carbocycles. The van der Waals surface area contributed by atoms with E-state index in [9.17, 15) is 14.9 Å². The molecule has 1 aromatic rings. The average Bonchev–Trinajstić information content (AvgIpc) is 3.13. The molecule has 0 atom stereocenters. The molecule has 0 spiro atoms. The van der Waals surface area contributed by atoms with Gasteiger partial charge >= 0.3 is 0 Å². The Morgan fingerprint density at radius 3 is 2.56 bits per heavy atom. The van der Waals surface area contributed by atoms with Gasteiger partial charge in [0.15, 0.2) is 0 Å². The molecule has 2 rings (SSSR count). The second kappa shape index (κ2) is 5.59. The van der Waals surface area contributed by atoms with Crippen molar-refractivity contribution in [2.24, 2.45) is 0 Å². The summed E-state index contributed by atoms with van der Waals surface area (Å²) in [6.07, 6.45) is 2.15. The van der Waals surface area contributed by atoms with Gasteiger partial charge in [-0.15, -0.1) is 0 Å². The van der Waals surface area contributed by atoms with Crippen LogP contribution in [-0.2, 0) is 11.3 Å². The number of non-ortho nitro benzene ring substituents is 1. The SMILES string of the molecule is O=C(CNCc1ccc([N+](=O)[O-])cc1)NC1CC1. The van der Waals surface area contributed by atoms with Gasteiger partial charge in [-0.05, 0) is 18.4 Å². The van der Waals surface area contributed by atoms with E-state index in [1.54, 1.807) is 12.1 Å². The van der Waals surface area contributed by atoms with Crippen LogP contribution >= 0.6 is 0 Å². The summed E-state index contributed by atoms with van der Waals surface area (Å²) in [5.74, 6) is -0.000545. The summed E-state index contributed by atoms with van der Waals surface area (Å²) < 4.78 is 0. The molecule has 6 heteroatoms. The van der Waals surface area contributed by atoms with Crippen molar-refractivity contribution in [3.63, 3.8) is 0 Å². The van der Waals surface area contributed by atoms with Gasteiger partial charge in [-0.2, -0.15) is 0 Å². The summed E-state index contributed by atoms with van der Waals surface area (Å²) in [7, 11) is 0. The summed E-state index contributed by atoms with van der Waals surface area (Å²) in [5, 5.41) is 16.3. The van der Waals surface area contributed by atoms with Crippen molar-refractivity contribution in [3.8, 4) is 0 Å². The lowest BCUT2D eigenvalue weighted by Gasteiger charge is -2.05. The Hall–Kier alpha value is -1.95. The minimum atomic E-state index is -0.430. The van der Waals surface area contributed by atoms with Crippen LogP contribution in [0, 0.1) is 10.1 Å². The number of nitro benzene ring substituents is 1. The normalized spacial score (nSPS) is 14.2. The van der Waals surface area contributed by atoms with Crippen molar-refractivity contribution in [1.82, 2.24) is 10.6 Å². The van der Waals surface area contributed by atoms with E-state index in [4.69, 9.17) is 0 Å². The Bertz CT molecular complexity index is 440. The molecule has 0 heterocycles. The Labute approximate surface area is 105 Å². The maximum Gasteiger partial charge on any atom is 0.269 e. The van der Waals surface area contributed by atoms with Crippen molar-refractivity contribution in [2.45, 2.75) is 25.4 Å². The van der Waals surface area contributed by atoms with Crippen molar-refractivity contribution in [2.75, 3.05) is 6.54 Å². The van der Waals surface area contributed by atoms with E-state index in [-0.39, 0.29) is 18.1 Å². The number of carbonyl (C=O) groups is 1. The number of nitrogens with zero attached hydrogens (tertiary/aromatic N) is 1. The summed E-state index contributed by atoms with van der Waals surface area (Å²) in [5.41, 5.74) is 0.991. The number of amides is 1. The Morgan fingerprint density at radius 1 is 1.33 bits per heavy atom. The molecular formula is C12H15N3O3. The van der Waals surface area contributed by atoms with Gasteiger partial charge in [-0.3, -0.25) is 14.9 Å². The Kier molecular flexibility index (Phi) is 3.88. The van der Waals surface area contributed by atoms with Crippen LogP contribution < -0.4 is 10.6 Å². The van der Waals surface area contributed by atoms with Gasteiger partial charge in [0.2, 0.25) is 5.91 Å². The van der Waals surface area contributed by atoms with Gasteiger partial charge in [-0.25, -0.2) is 0 Å². The molecule has 6 nitrogen and oxygen atoms in total. The maximum atomic E-state index is 11.4. The highest BCUT2D eigenvalue weighted by molar-refractivity contribution is 5.78. The van der Waals surface area contributed by atoms with E-state index in [0.29, 0.717) is 12.6 Å². The summed E-state index contributed by atoms with van der Waals surface area (Å²) in [4.78, 5) is 21.4. The highest BCUT2D eigenvalue weighted by atomic mass is 16.6. The smallest absolute Gasteiger partial charge is 0.269 e. The Balaban J connectivity index is 1.72. The van der Waals surface area contributed by atoms with Gasteiger partial charge < -0.3 is 10.6 Å². The van der Waals surface area contributed by atoms with Crippen molar-refractivity contribution in [3.05, 3.63) is 39.9 Å². The van der Waals surface area contributed by atoms with E-state index in [1.165, 1.54) is 12.1 Å². The molecule has 1 amide bonds. The first-order chi connectivity index (χ1) is 8.65. The number of nitrogens with one attached hydrogen (secondary N) is 2. The molecule has 0 aromatic heterocycles. The zero-order valence-corrected chi connectivity index (χ0v) is 9.89. The van der Waals surface area contributed by atoms with Crippen LogP contribution in [0.25, 0.3) is 0 Å². The zero-order valence-electron chi connectivity index (χ0n) is 9.89. The number of hydrogen-bond acceptors (Lipinski definition) is 4.